The van der Waals surface area contributed by atoms with Crippen molar-refractivity contribution in [3.63, 3.8) is 0 Å². The van der Waals surface area contributed by atoms with Crippen LogP contribution in [0.5, 0.6) is 0 Å². The lowest BCUT2D eigenvalue weighted by Crippen LogP contribution is -2.32. The van der Waals surface area contributed by atoms with E-state index in [1.54, 1.807) is 0 Å². The molecule has 1 aromatic carbocycles. The molecule has 0 aromatic heterocycles. The van der Waals surface area contributed by atoms with Gasteiger partial charge in [0.25, 0.3) is 0 Å². The molecule has 0 bridgehead atoms. The van der Waals surface area contributed by atoms with Gasteiger partial charge in [0.1, 0.15) is 0 Å². The molecule has 2 fully saturated rings. The number of benzene rings is 1. The quantitative estimate of drug-likeness (QED) is 0.750. The van der Waals surface area contributed by atoms with Crippen LogP contribution in [0.25, 0.3) is 0 Å². The second-order valence-corrected chi connectivity index (χ2v) is 7.56. The molecular weight excluding hydrogens is 324 g/mol. The predicted molar refractivity (Wildman–Crippen MR) is 92.3 cm³/mol. The molecule has 116 valence electrons. The van der Waals surface area contributed by atoms with E-state index in [2.05, 4.69) is 51.3 Å². The van der Waals surface area contributed by atoms with Crippen LogP contribution in [0.4, 0.5) is 0 Å². The molecule has 0 aliphatic heterocycles. The summed E-state index contributed by atoms with van der Waals surface area (Å²) in [5, 5.41) is 3.58. The fourth-order valence-electron chi connectivity index (χ4n) is 2.97. The minimum Gasteiger partial charge on any atom is -0.310 e. The minimum absolute atomic E-state index is 0.779. The number of rotatable bonds is 8. The van der Waals surface area contributed by atoms with Gasteiger partial charge in [-0.25, -0.2) is 0 Å². The first-order chi connectivity index (χ1) is 10.2. The Morgan fingerprint density at radius 3 is 2.62 bits per heavy atom. The Labute approximate surface area is 137 Å². The molecule has 0 spiro atoms. The lowest BCUT2D eigenvalue weighted by atomic mass is 9.85. The van der Waals surface area contributed by atoms with Crippen LogP contribution in [0.15, 0.2) is 22.7 Å². The van der Waals surface area contributed by atoms with Gasteiger partial charge in [0.15, 0.2) is 0 Å². The highest BCUT2D eigenvalue weighted by Crippen LogP contribution is 2.28. The van der Waals surface area contributed by atoms with Gasteiger partial charge in [0, 0.05) is 30.1 Å². The molecule has 2 aliphatic rings. The van der Waals surface area contributed by atoms with E-state index in [-0.39, 0.29) is 0 Å². The maximum absolute atomic E-state index is 3.77. The summed E-state index contributed by atoms with van der Waals surface area (Å²) in [4.78, 5) is 2.59. The third kappa shape index (κ3) is 4.54. The minimum atomic E-state index is 0.779. The standard InChI is InChI=1S/C18H27BrN2/c1-2-21(12-14-4-3-5-14)13-16-7-6-15(10-18(16)19)11-20-17-8-9-17/h6-7,10,14,17,20H,2-5,8-9,11-13H2,1H3. The lowest BCUT2D eigenvalue weighted by Gasteiger charge is -2.32. The lowest BCUT2D eigenvalue weighted by molar-refractivity contribution is 0.178. The molecule has 2 aliphatic carbocycles. The maximum Gasteiger partial charge on any atom is 0.0244 e. The van der Waals surface area contributed by atoms with Crippen LogP contribution < -0.4 is 5.32 Å². The van der Waals surface area contributed by atoms with E-state index >= 15 is 0 Å². The Hall–Kier alpha value is -0.380. The fraction of sp³-hybridized carbons (Fsp3) is 0.667. The van der Waals surface area contributed by atoms with Gasteiger partial charge in [-0.15, -0.1) is 0 Å². The van der Waals surface area contributed by atoms with Crippen LogP contribution in [0, 0.1) is 5.92 Å². The number of halogens is 1. The number of nitrogens with zero attached hydrogens (tertiary/aromatic N) is 1. The maximum atomic E-state index is 3.77. The van der Waals surface area contributed by atoms with Gasteiger partial charge in [-0.3, -0.25) is 4.90 Å². The molecule has 2 nitrogen and oxygen atoms in total. The van der Waals surface area contributed by atoms with Crippen molar-refractivity contribution in [2.75, 3.05) is 13.1 Å². The Kier molecular flexibility index (Phi) is 5.36. The topological polar surface area (TPSA) is 15.3 Å². The van der Waals surface area contributed by atoms with E-state index in [0.29, 0.717) is 0 Å². The van der Waals surface area contributed by atoms with Crippen molar-refractivity contribution in [2.45, 2.75) is 58.2 Å². The highest BCUT2D eigenvalue weighted by Gasteiger charge is 2.21. The van der Waals surface area contributed by atoms with E-state index in [1.165, 1.54) is 54.2 Å². The molecule has 0 unspecified atom stereocenters. The second kappa shape index (κ2) is 7.26. The SMILES string of the molecule is CCN(Cc1ccc(CNC2CC2)cc1Br)CC1CCC1. The molecule has 2 saturated carbocycles. The van der Waals surface area contributed by atoms with Crippen LogP contribution >= 0.6 is 15.9 Å². The molecule has 0 atom stereocenters. The third-order valence-corrected chi connectivity index (χ3v) is 5.61. The fourth-order valence-corrected chi connectivity index (χ4v) is 3.52. The zero-order valence-electron chi connectivity index (χ0n) is 13.1. The van der Waals surface area contributed by atoms with Crippen molar-refractivity contribution < 1.29 is 0 Å². The van der Waals surface area contributed by atoms with Gasteiger partial charge in [-0.1, -0.05) is 41.4 Å². The predicted octanol–water partition coefficient (Wildman–Crippen LogP) is 4.32. The summed E-state index contributed by atoms with van der Waals surface area (Å²) in [6.07, 6.45) is 7.01. The summed E-state index contributed by atoms with van der Waals surface area (Å²) in [5.74, 6) is 0.950. The summed E-state index contributed by atoms with van der Waals surface area (Å²) in [7, 11) is 0. The van der Waals surface area contributed by atoms with Crippen molar-refractivity contribution >= 4 is 15.9 Å². The second-order valence-electron chi connectivity index (χ2n) is 6.71. The highest BCUT2D eigenvalue weighted by atomic mass is 79.9. The molecule has 3 heteroatoms. The molecule has 1 N–H and O–H groups in total. The largest absolute Gasteiger partial charge is 0.310 e. The van der Waals surface area contributed by atoms with Gasteiger partial charge >= 0.3 is 0 Å². The molecule has 21 heavy (non-hydrogen) atoms. The molecular formula is C18H27BrN2. The van der Waals surface area contributed by atoms with Crippen LogP contribution in [-0.2, 0) is 13.1 Å². The Morgan fingerprint density at radius 2 is 2.05 bits per heavy atom. The molecule has 0 amide bonds. The zero-order valence-corrected chi connectivity index (χ0v) is 14.7. The zero-order chi connectivity index (χ0) is 14.7. The number of nitrogens with one attached hydrogen (secondary N) is 1. The Morgan fingerprint density at radius 1 is 1.24 bits per heavy atom. The summed E-state index contributed by atoms with van der Waals surface area (Å²) in [6, 6.07) is 7.66. The van der Waals surface area contributed by atoms with Crippen molar-refractivity contribution in [1.29, 1.82) is 0 Å². The molecule has 1 aromatic rings. The first-order valence-electron chi connectivity index (χ1n) is 8.47. The van der Waals surface area contributed by atoms with E-state index in [4.69, 9.17) is 0 Å². The smallest absolute Gasteiger partial charge is 0.0244 e. The highest BCUT2D eigenvalue weighted by molar-refractivity contribution is 9.10. The molecule has 0 saturated heterocycles. The van der Waals surface area contributed by atoms with E-state index < -0.39 is 0 Å². The molecule has 3 rings (SSSR count). The van der Waals surface area contributed by atoms with E-state index in [9.17, 15) is 0 Å². The summed E-state index contributed by atoms with van der Waals surface area (Å²) in [6.45, 7) is 6.77. The average Bonchev–Trinajstić information content (AvgIpc) is 3.25. The molecule has 0 radical (unpaired) electrons. The summed E-state index contributed by atoms with van der Waals surface area (Å²) < 4.78 is 1.27. The van der Waals surface area contributed by atoms with Gasteiger partial charge in [-0.05, 0) is 55.3 Å². The number of hydrogen-bond donors (Lipinski definition) is 1. The van der Waals surface area contributed by atoms with Crippen LogP contribution in [-0.4, -0.2) is 24.0 Å². The van der Waals surface area contributed by atoms with Crippen molar-refractivity contribution in [3.8, 4) is 0 Å². The van der Waals surface area contributed by atoms with Crippen molar-refractivity contribution in [1.82, 2.24) is 10.2 Å². The van der Waals surface area contributed by atoms with Crippen LogP contribution in [0.3, 0.4) is 0 Å². The normalized spacial score (nSPS) is 19.0. The van der Waals surface area contributed by atoms with Gasteiger partial charge in [0.05, 0.1) is 0 Å². The Balaban J connectivity index is 1.55. The van der Waals surface area contributed by atoms with Gasteiger partial charge < -0.3 is 5.32 Å². The van der Waals surface area contributed by atoms with Crippen molar-refractivity contribution in [2.24, 2.45) is 5.92 Å². The van der Waals surface area contributed by atoms with Crippen LogP contribution in [0.1, 0.15) is 50.2 Å². The van der Waals surface area contributed by atoms with Crippen molar-refractivity contribution in [3.05, 3.63) is 33.8 Å². The van der Waals surface area contributed by atoms with Gasteiger partial charge in [0.2, 0.25) is 0 Å². The Bertz CT molecular complexity index is 466. The molecule has 0 heterocycles. The van der Waals surface area contributed by atoms with Gasteiger partial charge in [-0.2, -0.15) is 0 Å². The van der Waals surface area contributed by atoms with E-state index in [1.807, 2.05) is 0 Å². The first-order valence-corrected chi connectivity index (χ1v) is 9.27. The third-order valence-electron chi connectivity index (χ3n) is 4.87. The monoisotopic (exact) mass is 350 g/mol. The summed E-state index contributed by atoms with van der Waals surface area (Å²) >= 11 is 3.77. The average molecular weight is 351 g/mol. The summed E-state index contributed by atoms with van der Waals surface area (Å²) in [5.41, 5.74) is 2.81. The first kappa shape index (κ1) is 15.5. The number of hydrogen-bond acceptors (Lipinski definition) is 2. The van der Waals surface area contributed by atoms with E-state index in [0.717, 1.165) is 31.6 Å². The van der Waals surface area contributed by atoms with Crippen LogP contribution in [0.2, 0.25) is 0 Å².